The summed E-state index contributed by atoms with van der Waals surface area (Å²) in [4.78, 5) is 15.3. The van der Waals surface area contributed by atoms with E-state index in [9.17, 15) is 22.4 Å². The van der Waals surface area contributed by atoms with E-state index >= 15 is 0 Å². The van der Waals surface area contributed by atoms with Gasteiger partial charge in [-0.1, -0.05) is 12.1 Å². The van der Waals surface area contributed by atoms with E-state index < -0.39 is 29.6 Å². The topological polar surface area (TPSA) is 69.6 Å². The SMILES string of the molecule is C[C@H](c1cc(C(F)(F)F)c2cn(-c3cccc(C4(Cc5nncn5C)COC4)c3)c(=O)n2c1)N1CC[C@H](F)C1. The maximum atomic E-state index is 14.2. The number of hydrogen-bond donors (Lipinski definition) is 0. The Kier molecular flexibility index (Phi) is 6.14. The molecular formula is C27H28F4N6O2. The minimum absolute atomic E-state index is 0.156. The zero-order valence-corrected chi connectivity index (χ0v) is 21.5. The van der Waals surface area contributed by atoms with Crippen molar-refractivity contribution in [3.8, 4) is 5.69 Å². The van der Waals surface area contributed by atoms with Gasteiger partial charge in [0, 0.05) is 50.4 Å². The number of fused-ring (bicyclic) bond motifs is 1. The molecule has 0 amide bonds. The molecule has 6 rings (SSSR count). The molecule has 0 N–H and O–H groups in total. The van der Waals surface area contributed by atoms with Crippen molar-refractivity contribution in [2.45, 2.75) is 43.6 Å². The molecule has 12 heteroatoms. The van der Waals surface area contributed by atoms with Crippen molar-refractivity contribution in [3.05, 3.63) is 82.1 Å². The number of hydrogen-bond acceptors (Lipinski definition) is 5. The summed E-state index contributed by atoms with van der Waals surface area (Å²) in [5.74, 6) is 0.782. The molecule has 2 atom stereocenters. The number of pyridine rings is 1. The van der Waals surface area contributed by atoms with E-state index in [-0.39, 0.29) is 17.5 Å². The highest BCUT2D eigenvalue weighted by Gasteiger charge is 2.42. The zero-order valence-electron chi connectivity index (χ0n) is 21.5. The molecule has 0 bridgehead atoms. The van der Waals surface area contributed by atoms with Gasteiger partial charge in [0.1, 0.15) is 18.3 Å². The predicted molar refractivity (Wildman–Crippen MR) is 135 cm³/mol. The third kappa shape index (κ3) is 4.45. The van der Waals surface area contributed by atoms with E-state index in [2.05, 4.69) is 10.2 Å². The number of halogens is 4. The van der Waals surface area contributed by atoms with Crippen LogP contribution in [0, 0.1) is 0 Å². The van der Waals surface area contributed by atoms with Crippen molar-refractivity contribution in [2.24, 2.45) is 7.05 Å². The fraction of sp³-hybridized carbons (Fsp3) is 0.444. The summed E-state index contributed by atoms with van der Waals surface area (Å²) in [6, 6.07) is 7.83. The highest BCUT2D eigenvalue weighted by Crippen LogP contribution is 2.38. The molecule has 39 heavy (non-hydrogen) atoms. The first-order valence-electron chi connectivity index (χ1n) is 12.8. The number of benzene rings is 1. The first-order valence-corrected chi connectivity index (χ1v) is 12.8. The monoisotopic (exact) mass is 544 g/mol. The third-order valence-corrected chi connectivity index (χ3v) is 8.08. The number of aryl methyl sites for hydroxylation is 1. The number of alkyl halides is 4. The lowest BCUT2D eigenvalue weighted by molar-refractivity contribution is -0.136. The van der Waals surface area contributed by atoms with Gasteiger partial charge in [-0.05, 0) is 42.7 Å². The summed E-state index contributed by atoms with van der Waals surface area (Å²) in [6.07, 6.45) is -0.481. The summed E-state index contributed by atoms with van der Waals surface area (Å²) >= 11 is 0. The van der Waals surface area contributed by atoms with Crippen LogP contribution in [0.4, 0.5) is 17.6 Å². The second-order valence-electron chi connectivity index (χ2n) is 10.6. The summed E-state index contributed by atoms with van der Waals surface area (Å²) in [5.41, 5.74) is -0.473. The molecular weight excluding hydrogens is 516 g/mol. The molecule has 0 radical (unpaired) electrons. The number of rotatable bonds is 6. The summed E-state index contributed by atoms with van der Waals surface area (Å²) in [6.45, 7) is 3.24. The van der Waals surface area contributed by atoms with Crippen LogP contribution in [-0.2, 0) is 29.8 Å². The summed E-state index contributed by atoms with van der Waals surface area (Å²) < 4.78 is 66.1. The molecule has 0 saturated carbocycles. The lowest BCUT2D eigenvalue weighted by atomic mass is 9.75. The lowest BCUT2D eigenvalue weighted by Crippen LogP contribution is -2.49. The van der Waals surface area contributed by atoms with Gasteiger partial charge < -0.3 is 9.30 Å². The van der Waals surface area contributed by atoms with Gasteiger partial charge >= 0.3 is 11.9 Å². The van der Waals surface area contributed by atoms with Crippen molar-refractivity contribution < 1.29 is 22.3 Å². The van der Waals surface area contributed by atoms with E-state index in [0.717, 1.165) is 21.9 Å². The van der Waals surface area contributed by atoms with Crippen molar-refractivity contribution >= 4 is 5.52 Å². The van der Waals surface area contributed by atoms with Gasteiger partial charge in [-0.2, -0.15) is 13.2 Å². The van der Waals surface area contributed by atoms with Gasteiger partial charge in [-0.15, -0.1) is 10.2 Å². The van der Waals surface area contributed by atoms with Gasteiger partial charge in [-0.25, -0.2) is 9.18 Å². The largest absolute Gasteiger partial charge is 0.418 e. The zero-order chi connectivity index (χ0) is 27.5. The molecule has 8 nitrogen and oxygen atoms in total. The Morgan fingerprint density at radius 3 is 2.62 bits per heavy atom. The first kappa shape index (κ1) is 25.8. The molecule has 5 heterocycles. The maximum Gasteiger partial charge on any atom is 0.418 e. The summed E-state index contributed by atoms with van der Waals surface area (Å²) in [5, 5.41) is 8.13. The van der Waals surface area contributed by atoms with E-state index in [1.807, 2.05) is 23.7 Å². The highest BCUT2D eigenvalue weighted by atomic mass is 19.4. The Bertz CT molecular complexity index is 1590. The van der Waals surface area contributed by atoms with Crippen LogP contribution in [0.25, 0.3) is 11.2 Å². The van der Waals surface area contributed by atoms with Crippen LogP contribution in [0.1, 0.15) is 41.9 Å². The smallest absolute Gasteiger partial charge is 0.379 e. The Labute approximate surface area is 221 Å². The molecule has 2 fully saturated rings. The Morgan fingerprint density at radius 2 is 2.00 bits per heavy atom. The number of aromatic nitrogens is 5. The number of likely N-dealkylation sites (tertiary alicyclic amines) is 1. The molecule has 0 aliphatic carbocycles. The van der Waals surface area contributed by atoms with E-state index in [1.54, 1.807) is 30.3 Å². The van der Waals surface area contributed by atoms with Gasteiger partial charge in [0.05, 0.1) is 30.0 Å². The molecule has 0 unspecified atom stereocenters. The van der Waals surface area contributed by atoms with Gasteiger partial charge in [0.25, 0.3) is 0 Å². The van der Waals surface area contributed by atoms with E-state index in [0.29, 0.717) is 43.9 Å². The molecule has 1 aromatic carbocycles. The average Bonchev–Trinajstić information content (AvgIpc) is 3.58. The Balaban J connectivity index is 1.43. The molecule has 0 spiro atoms. The van der Waals surface area contributed by atoms with Crippen molar-refractivity contribution in [3.63, 3.8) is 0 Å². The average molecular weight is 545 g/mol. The quantitative estimate of drug-likeness (QED) is 0.345. The Hall–Kier alpha value is -3.51. The molecule has 3 aromatic heterocycles. The number of imidazole rings is 1. The number of nitrogens with zero attached hydrogens (tertiary/aromatic N) is 6. The van der Waals surface area contributed by atoms with E-state index in [4.69, 9.17) is 4.74 Å². The second-order valence-corrected chi connectivity index (χ2v) is 10.6. The van der Waals surface area contributed by atoms with Crippen LogP contribution in [0.3, 0.4) is 0 Å². The molecule has 2 aliphatic heterocycles. The standard InChI is InChI=1S/C27H28F4N6O2/c1-17(35-7-6-20(28)12-35)18-8-22(27(29,30)31)23-13-36(25(38)37(23)11-18)21-5-3-4-19(9-21)26(14-39-15-26)10-24-33-32-16-34(24)2/h3-5,8-9,11,13,16-17,20H,6-7,10,12,14-15H2,1-2H3/t17-,20+/m1/s1. The van der Waals surface area contributed by atoms with Crippen molar-refractivity contribution in [1.29, 1.82) is 0 Å². The first-order chi connectivity index (χ1) is 18.6. The van der Waals surface area contributed by atoms with Crippen LogP contribution in [0.5, 0.6) is 0 Å². The molecule has 4 aromatic rings. The summed E-state index contributed by atoms with van der Waals surface area (Å²) in [7, 11) is 1.86. The molecule has 206 valence electrons. The lowest BCUT2D eigenvalue weighted by Gasteiger charge is -2.41. The Morgan fingerprint density at radius 1 is 1.21 bits per heavy atom. The van der Waals surface area contributed by atoms with Crippen LogP contribution in [0.2, 0.25) is 0 Å². The van der Waals surface area contributed by atoms with Crippen LogP contribution in [-0.4, -0.2) is 61.1 Å². The minimum atomic E-state index is -4.68. The minimum Gasteiger partial charge on any atom is -0.379 e. The maximum absolute atomic E-state index is 14.2. The van der Waals surface area contributed by atoms with Crippen LogP contribution in [0.15, 0.2) is 53.8 Å². The van der Waals surface area contributed by atoms with Crippen molar-refractivity contribution in [2.75, 3.05) is 26.3 Å². The molecule has 2 aliphatic rings. The fourth-order valence-corrected chi connectivity index (χ4v) is 5.63. The predicted octanol–water partition coefficient (Wildman–Crippen LogP) is 3.85. The van der Waals surface area contributed by atoms with Gasteiger partial charge in [-0.3, -0.25) is 13.9 Å². The highest BCUT2D eigenvalue weighted by molar-refractivity contribution is 5.58. The van der Waals surface area contributed by atoms with Crippen LogP contribution < -0.4 is 5.69 Å². The normalized spacial score (nSPS) is 20.4. The third-order valence-electron chi connectivity index (χ3n) is 8.08. The van der Waals surface area contributed by atoms with Crippen molar-refractivity contribution in [1.82, 2.24) is 28.6 Å². The molecule has 2 saturated heterocycles. The second kappa shape index (κ2) is 9.30. The van der Waals surface area contributed by atoms with Gasteiger partial charge in [0.2, 0.25) is 0 Å². The van der Waals surface area contributed by atoms with Gasteiger partial charge in [0.15, 0.2) is 0 Å². The van der Waals surface area contributed by atoms with E-state index in [1.165, 1.54) is 17.0 Å². The van der Waals surface area contributed by atoms with Crippen LogP contribution >= 0.6 is 0 Å². The fourth-order valence-electron chi connectivity index (χ4n) is 5.63. The number of ether oxygens (including phenoxy) is 1.